The summed E-state index contributed by atoms with van der Waals surface area (Å²) < 4.78 is 32.0. The lowest BCUT2D eigenvalue weighted by atomic mass is 9.96. The van der Waals surface area contributed by atoms with Crippen LogP contribution in [-0.2, 0) is 16.6 Å². The molecule has 3 aromatic carbocycles. The maximum Gasteiger partial charge on any atom is 0.253 e. The number of nitrogens with one attached hydrogen (secondary N) is 1. The Hall–Kier alpha value is -3.32. The molecular formula is C27H32N2O4S. The van der Waals surface area contributed by atoms with Gasteiger partial charge in [0, 0.05) is 0 Å². The van der Waals surface area contributed by atoms with E-state index in [-0.39, 0.29) is 18.5 Å². The van der Waals surface area contributed by atoms with Gasteiger partial charge in [-0.05, 0) is 47.7 Å². The van der Waals surface area contributed by atoms with Crippen molar-refractivity contribution in [2.75, 3.05) is 17.7 Å². The van der Waals surface area contributed by atoms with Gasteiger partial charge in [0.1, 0.15) is 5.75 Å². The minimum Gasteiger partial charge on any atom is -0.497 e. The van der Waals surface area contributed by atoms with E-state index in [0.29, 0.717) is 17.2 Å². The predicted molar refractivity (Wildman–Crippen MR) is 137 cm³/mol. The van der Waals surface area contributed by atoms with E-state index in [2.05, 4.69) is 19.2 Å². The Morgan fingerprint density at radius 1 is 0.941 bits per heavy atom. The molecule has 3 aromatic rings. The molecule has 7 heteroatoms. The number of methoxy groups -OCH3 is 1. The van der Waals surface area contributed by atoms with E-state index < -0.39 is 10.0 Å². The zero-order chi connectivity index (χ0) is 24.7. The Labute approximate surface area is 202 Å². The summed E-state index contributed by atoms with van der Waals surface area (Å²) in [5.74, 6) is 0.764. The van der Waals surface area contributed by atoms with E-state index in [1.54, 1.807) is 31.4 Å². The largest absolute Gasteiger partial charge is 0.497 e. The van der Waals surface area contributed by atoms with Crippen LogP contribution in [0.1, 0.15) is 47.8 Å². The molecule has 0 saturated heterocycles. The smallest absolute Gasteiger partial charge is 0.253 e. The summed E-state index contributed by atoms with van der Waals surface area (Å²) in [6.45, 7) is 4.33. The predicted octanol–water partition coefficient (Wildman–Crippen LogP) is 5.18. The van der Waals surface area contributed by atoms with Crippen molar-refractivity contribution >= 4 is 21.6 Å². The first kappa shape index (κ1) is 25.3. The first-order valence-corrected chi connectivity index (χ1v) is 13.1. The molecule has 180 valence electrons. The quantitative estimate of drug-likeness (QED) is 0.434. The summed E-state index contributed by atoms with van der Waals surface area (Å²) >= 11 is 0. The minimum absolute atomic E-state index is 0.137. The molecule has 0 spiro atoms. The topological polar surface area (TPSA) is 75.7 Å². The van der Waals surface area contributed by atoms with Gasteiger partial charge in [0.05, 0.1) is 37.2 Å². The molecule has 0 unspecified atom stereocenters. The number of para-hydroxylation sites is 1. The van der Waals surface area contributed by atoms with Crippen molar-refractivity contribution in [1.82, 2.24) is 5.32 Å². The number of amides is 1. The Balaban J connectivity index is 1.94. The number of carbonyl (C=O) groups excluding carboxylic acids is 1. The van der Waals surface area contributed by atoms with E-state index in [9.17, 15) is 13.2 Å². The van der Waals surface area contributed by atoms with E-state index >= 15 is 0 Å². The standard InChI is InChI=1S/C27H32N2O4S/c1-20(2)18-25(22-14-16-23(33-3)17-15-22)28-27(30)24-12-8-9-13-26(24)29(34(4,31)32)19-21-10-6-5-7-11-21/h5-17,20,25H,18-19H2,1-4H3,(H,28,30)/t25-/m0/s1. The Kier molecular flexibility index (Phi) is 8.34. The van der Waals surface area contributed by atoms with Gasteiger partial charge >= 0.3 is 0 Å². The lowest BCUT2D eigenvalue weighted by Gasteiger charge is -2.26. The summed E-state index contributed by atoms with van der Waals surface area (Å²) in [6.07, 6.45) is 1.89. The molecule has 0 radical (unpaired) electrons. The zero-order valence-corrected chi connectivity index (χ0v) is 20.9. The Morgan fingerprint density at radius 3 is 2.15 bits per heavy atom. The van der Waals surface area contributed by atoms with Gasteiger partial charge in [0.15, 0.2) is 0 Å². The van der Waals surface area contributed by atoms with Crippen molar-refractivity contribution in [3.63, 3.8) is 0 Å². The number of hydrogen-bond acceptors (Lipinski definition) is 4. The molecule has 0 fully saturated rings. The maximum absolute atomic E-state index is 13.5. The van der Waals surface area contributed by atoms with Crippen LogP contribution in [0.2, 0.25) is 0 Å². The van der Waals surface area contributed by atoms with Gasteiger partial charge in [0.2, 0.25) is 10.0 Å². The van der Waals surface area contributed by atoms with Crippen molar-refractivity contribution in [1.29, 1.82) is 0 Å². The number of rotatable bonds is 10. The van der Waals surface area contributed by atoms with Gasteiger partial charge in [-0.2, -0.15) is 0 Å². The molecule has 0 saturated carbocycles. The van der Waals surface area contributed by atoms with Crippen LogP contribution in [0.4, 0.5) is 5.69 Å². The van der Waals surface area contributed by atoms with Crippen molar-refractivity contribution in [2.45, 2.75) is 32.9 Å². The lowest BCUT2D eigenvalue weighted by Crippen LogP contribution is -2.34. The molecule has 1 amide bonds. The summed E-state index contributed by atoms with van der Waals surface area (Å²) in [5, 5.41) is 3.13. The molecule has 0 aliphatic heterocycles. The fourth-order valence-electron chi connectivity index (χ4n) is 3.84. The SMILES string of the molecule is COc1ccc([C@H](CC(C)C)NC(=O)c2ccccc2N(Cc2ccccc2)S(C)(=O)=O)cc1. The molecule has 34 heavy (non-hydrogen) atoms. The molecule has 1 atom stereocenters. The number of anilines is 1. The third-order valence-electron chi connectivity index (χ3n) is 5.52. The summed E-state index contributed by atoms with van der Waals surface area (Å²) in [4.78, 5) is 13.5. The van der Waals surface area contributed by atoms with Gasteiger partial charge in [0.25, 0.3) is 5.91 Å². The molecule has 0 bridgehead atoms. The van der Waals surface area contributed by atoms with Crippen LogP contribution in [0.25, 0.3) is 0 Å². The third kappa shape index (κ3) is 6.60. The highest BCUT2D eigenvalue weighted by molar-refractivity contribution is 7.92. The lowest BCUT2D eigenvalue weighted by molar-refractivity contribution is 0.0932. The van der Waals surface area contributed by atoms with Crippen molar-refractivity contribution < 1.29 is 17.9 Å². The van der Waals surface area contributed by atoms with Crippen LogP contribution in [0, 0.1) is 5.92 Å². The van der Waals surface area contributed by atoms with Gasteiger partial charge in [-0.15, -0.1) is 0 Å². The second kappa shape index (κ2) is 11.2. The summed E-state index contributed by atoms with van der Waals surface area (Å²) in [6, 6.07) is 23.5. The van der Waals surface area contributed by atoms with E-state index in [0.717, 1.165) is 29.6 Å². The van der Waals surface area contributed by atoms with Crippen LogP contribution in [0.3, 0.4) is 0 Å². The van der Waals surface area contributed by atoms with Gasteiger partial charge in [-0.1, -0.05) is 68.4 Å². The zero-order valence-electron chi connectivity index (χ0n) is 20.1. The first-order chi connectivity index (χ1) is 16.2. The second-order valence-electron chi connectivity index (χ2n) is 8.70. The Morgan fingerprint density at radius 2 is 1.56 bits per heavy atom. The molecule has 0 aliphatic carbocycles. The fraction of sp³-hybridized carbons (Fsp3) is 0.296. The van der Waals surface area contributed by atoms with Gasteiger partial charge in [-0.3, -0.25) is 9.10 Å². The van der Waals surface area contributed by atoms with Crippen LogP contribution in [0.5, 0.6) is 5.75 Å². The molecule has 6 nitrogen and oxygen atoms in total. The molecular weight excluding hydrogens is 448 g/mol. The number of benzene rings is 3. The van der Waals surface area contributed by atoms with Crippen LogP contribution >= 0.6 is 0 Å². The van der Waals surface area contributed by atoms with Gasteiger partial charge in [-0.25, -0.2) is 8.42 Å². The summed E-state index contributed by atoms with van der Waals surface area (Å²) in [5.41, 5.74) is 2.46. The average Bonchev–Trinajstić information content (AvgIpc) is 2.82. The molecule has 0 heterocycles. The van der Waals surface area contributed by atoms with Crippen molar-refractivity contribution in [3.05, 3.63) is 95.6 Å². The number of sulfonamides is 1. The highest BCUT2D eigenvalue weighted by atomic mass is 32.2. The first-order valence-electron chi connectivity index (χ1n) is 11.2. The highest BCUT2D eigenvalue weighted by Gasteiger charge is 2.25. The minimum atomic E-state index is -3.64. The van der Waals surface area contributed by atoms with E-state index in [1.165, 1.54) is 4.31 Å². The third-order valence-corrected chi connectivity index (χ3v) is 6.64. The molecule has 0 aromatic heterocycles. The Bertz CT molecular complexity index is 1190. The van der Waals surface area contributed by atoms with Gasteiger partial charge < -0.3 is 10.1 Å². The number of ether oxygens (including phenoxy) is 1. The molecule has 0 aliphatic rings. The van der Waals surface area contributed by atoms with Crippen molar-refractivity contribution in [3.8, 4) is 5.75 Å². The van der Waals surface area contributed by atoms with Crippen LogP contribution in [0.15, 0.2) is 78.9 Å². The number of nitrogens with zero attached hydrogens (tertiary/aromatic N) is 1. The monoisotopic (exact) mass is 480 g/mol. The molecule has 3 rings (SSSR count). The average molecular weight is 481 g/mol. The second-order valence-corrected chi connectivity index (χ2v) is 10.6. The summed E-state index contributed by atoms with van der Waals surface area (Å²) in [7, 11) is -2.03. The number of hydrogen-bond donors (Lipinski definition) is 1. The number of carbonyl (C=O) groups is 1. The van der Waals surface area contributed by atoms with Crippen LogP contribution in [-0.4, -0.2) is 27.7 Å². The van der Waals surface area contributed by atoms with E-state index in [4.69, 9.17) is 4.74 Å². The molecule has 1 N–H and O–H groups in total. The van der Waals surface area contributed by atoms with E-state index in [1.807, 2.05) is 54.6 Å². The van der Waals surface area contributed by atoms with Crippen molar-refractivity contribution in [2.24, 2.45) is 5.92 Å². The normalized spacial score (nSPS) is 12.3. The maximum atomic E-state index is 13.5. The highest BCUT2D eigenvalue weighted by Crippen LogP contribution is 2.28. The fourth-order valence-corrected chi connectivity index (χ4v) is 4.74. The van der Waals surface area contributed by atoms with Crippen LogP contribution < -0.4 is 14.4 Å².